The Morgan fingerprint density at radius 2 is 2.20 bits per heavy atom. The lowest BCUT2D eigenvalue weighted by Crippen LogP contribution is -2.29. The molecule has 1 atom stereocenters. The first-order chi connectivity index (χ1) is 9.01. The Labute approximate surface area is 123 Å². The van der Waals surface area contributed by atoms with E-state index in [0.717, 1.165) is 6.42 Å². The number of likely N-dealkylation sites (tertiary alicyclic amines) is 1. The molecule has 0 spiro atoms. The molecule has 1 amide bonds. The van der Waals surface area contributed by atoms with Crippen LogP contribution in [0, 0.1) is 23.0 Å². The molecule has 1 unspecified atom stereocenters. The molecule has 7 heteroatoms. The Balaban J connectivity index is 0.00000200. The fraction of sp³-hybridized carbons (Fsp3) is 0.462. The third kappa shape index (κ3) is 3.46. The third-order valence-electron chi connectivity index (χ3n) is 3.43. The molecular formula is C13H18ClN3O3. The highest BCUT2D eigenvalue weighted by Crippen LogP contribution is 2.21. The minimum atomic E-state index is -0.476. The lowest BCUT2D eigenvalue weighted by molar-refractivity contribution is -0.384. The van der Waals surface area contributed by atoms with Crippen molar-refractivity contribution in [3.8, 4) is 0 Å². The van der Waals surface area contributed by atoms with Gasteiger partial charge >= 0.3 is 0 Å². The van der Waals surface area contributed by atoms with Crippen LogP contribution in [0.2, 0.25) is 0 Å². The molecular weight excluding hydrogens is 282 g/mol. The van der Waals surface area contributed by atoms with Crippen molar-refractivity contribution in [1.82, 2.24) is 4.90 Å². The Morgan fingerprint density at radius 3 is 2.75 bits per heavy atom. The molecule has 1 aliphatic heterocycles. The Hall–Kier alpha value is -1.66. The summed E-state index contributed by atoms with van der Waals surface area (Å²) >= 11 is 0. The molecule has 110 valence electrons. The lowest BCUT2D eigenvalue weighted by Gasteiger charge is -2.16. The maximum absolute atomic E-state index is 12.3. The van der Waals surface area contributed by atoms with Crippen LogP contribution in [0.25, 0.3) is 0 Å². The zero-order valence-electron chi connectivity index (χ0n) is 11.2. The minimum Gasteiger partial charge on any atom is -0.338 e. The van der Waals surface area contributed by atoms with Crippen molar-refractivity contribution >= 4 is 24.0 Å². The van der Waals surface area contributed by atoms with Crippen molar-refractivity contribution in [2.75, 3.05) is 19.6 Å². The molecule has 2 N–H and O–H groups in total. The van der Waals surface area contributed by atoms with Crippen LogP contribution >= 0.6 is 12.4 Å². The summed E-state index contributed by atoms with van der Waals surface area (Å²) in [5.74, 6) is 0.187. The third-order valence-corrected chi connectivity index (χ3v) is 3.43. The van der Waals surface area contributed by atoms with Crippen LogP contribution in [0.4, 0.5) is 5.69 Å². The summed E-state index contributed by atoms with van der Waals surface area (Å²) in [6, 6.07) is 4.49. The van der Waals surface area contributed by atoms with Crippen LogP contribution < -0.4 is 5.73 Å². The normalized spacial score (nSPS) is 17.7. The highest BCUT2D eigenvalue weighted by atomic mass is 35.5. The molecule has 0 aliphatic carbocycles. The number of nitro benzene ring substituents is 1. The summed E-state index contributed by atoms with van der Waals surface area (Å²) in [5, 5.41) is 10.8. The maximum Gasteiger partial charge on any atom is 0.270 e. The second-order valence-electron chi connectivity index (χ2n) is 4.96. The number of hydrogen-bond acceptors (Lipinski definition) is 4. The molecule has 1 aromatic rings. The van der Waals surface area contributed by atoms with Gasteiger partial charge in [0, 0.05) is 30.8 Å². The van der Waals surface area contributed by atoms with Gasteiger partial charge in [-0.1, -0.05) is 0 Å². The van der Waals surface area contributed by atoms with Gasteiger partial charge in [-0.2, -0.15) is 0 Å². The smallest absolute Gasteiger partial charge is 0.270 e. The van der Waals surface area contributed by atoms with Gasteiger partial charge in [0.2, 0.25) is 0 Å². The highest BCUT2D eigenvalue weighted by molar-refractivity contribution is 5.95. The number of nitro groups is 1. The topological polar surface area (TPSA) is 89.5 Å². The van der Waals surface area contributed by atoms with Gasteiger partial charge in [0.1, 0.15) is 0 Å². The zero-order valence-corrected chi connectivity index (χ0v) is 12.1. The number of carbonyl (C=O) groups excluding carboxylic acids is 1. The van der Waals surface area contributed by atoms with E-state index >= 15 is 0 Å². The van der Waals surface area contributed by atoms with Crippen LogP contribution in [0.1, 0.15) is 22.3 Å². The van der Waals surface area contributed by atoms with Gasteiger partial charge in [-0.3, -0.25) is 14.9 Å². The van der Waals surface area contributed by atoms with E-state index in [1.54, 1.807) is 17.9 Å². The average molecular weight is 300 g/mol. The lowest BCUT2D eigenvalue weighted by atomic mass is 10.1. The molecule has 1 aromatic carbocycles. The van der Waals surface area contributed by atoms with Crippen molar-refractivity contribution in [3.05, 3.63) is 39.4 Å². The first kappa shape index (κ1) is 16.4. The number of benzene rings is 1. The Bertz CT molecular complexity index is 522. The quantitative estimate of drug-likeness (QED) is 0.680. The molecule has 1 heterocycles. The summed E-state index contributed by atoms with van der Waals surface area (Å²) in [5.41, 5.74) is 6.65. The van der Waals surface area contributed by atoms with Crippen LogP contribution in [-0.4, -0.2) is 35.4 Å². The minimum absolute atomic E-state index is 0. The molecule has 1 aliphatic rings. The van der Waals surface area contributed by atoms with Crippen molar-refractivity contribution < 1.29 is 9.72 Å². The number of halogens is 1. The number of hydrogen-bond donors (Lipinski definition) is 1. The molecule has 0 bridgehead atoms. The van der Waals surface area contributed by atoms with Gasteiger partial charge in [-0.05, 0) is 37.4 Å². The fourth-order valence-electron chi connectivity index (χ4n) is 2.38. The van der Waals surface area contributed by atoms with Gasteiger partial charge in [-0.15, -0.1) is 12.4 Å². The SMILES string of the molecule is Cc1cc(C(=O)N2CCC(CN)C2)cc([N+](=O)[O-])c1.Cl. The van der Waals surface area contributed by atoms with Crippen molar-refractivity contribution in [3.63, 3.8) is 0 Å². The molecule has 20 heavy (non-hydrogen) atoms. The van der Waals surface area contributed by atoms with Crippen molar-refractivity contribution in [2.24, 2.45) is 11.7 Å². The van der Waals surface area contributed by atoms with Gasteiger partial charge in [0.25, 0.3) is 11.6 Å². The Morgan fingerprint density at radius 1 is 1.50 bits per heavy atom. The summed E-state index contributed by atoms with van der Waals surface area (Å²) in [7, 11) is 0. The number of nitrogens with zero attached hydrogens (tertiary/aromatic N) is 2. The number of amides is 1. The molecule has 0 saturated carbocycles. The van der Waals surface area contributed by atoms with Crippen LogP contribution in [-0.2, 0) is 0 Å². The number of aryl methyl sites for hydroxylation is 1. The molecule has 6 nitrogen and oxygen atoms in total. The molecule has 1 saturated heterocycles. The molecule has 1 fully saturated rings. The monoisotopic (exact) mass is 299 g/mol. The summed E-state index contributed by atoms with van der Waals surface area (Å²) in [6.07, 6.45) is 0.899. The standard InChI is InChI=1S/C13H17N3O3.ClH/c1-9-4-11(6-12(5-9)16(18)19)13(17)15-3-2-10(7-14)8-15;/h4-6,10H,2-3,7-8,14H2,1H3;1H. The largest absolute Gasteiger partial charge is 0.338 e. The number of nitrogens with two attached hydrogens (primary N) is 1. The van der Waals surface area contributed by atoms with Crippen molar-refractivity contribution in [1.29, 1.82) is 0 Å². The van der Waals surface area contributed by atoms with E-state index in [1.165, 1.54) is 12.1 Å². The van der Waals surface area contributed by atoms with Gasteiger partial charge in [0.05, 0.1) is 4.92 Å². The zero-order chi connectivity index (χ0) is 14.0. The molecule has 0 aromatic heterocycles. The predicted molar refractivity (Wildman–Crippen MR) is 78.1 cm³/mol. The summed E-state index contributed by atoms with van der Waals surface area (Å²) in [6.45, 7) is 3.62. The van der Waals surface area contributed by atoms with Gasteiger partial charge in [0.15, 0.2) is 0 Å². The van der Waals surface area contributed by atoms with E-state index < -0.39 is 4.92 Å². The van der Waals surface area contributed by atoms with E-state index in [1.807, 2.05) is 0 Å². The van der Waals surface area contributed by atoms with E-state index in [2.05, 4.69) is 0 Å². The number of non-ortho nitro benzene ring substituents is 1. The van der Waals surface area contributed by atoms with Crippen LogP contribution in [0.15, 0.2) is 18.2 Å². The van der Waals surface area contributed by atoms with Gasteiger partial charge < -0.3 is 10.6 Å². The number of carbonyl (C=O) groups is 1. The first-order valence-corrected chi connectivity index (χ1v) is 6.26. The first-order valence-electron chi connectivity index (χ1n) is 6.26. The van der Waals surface area contributed by atoms with E-state index in [4.69, 9.17) is 5.73 Å². The number of rotatable bonds is 3. The predicted octanol–water partition coefficient (Wildman–Crippen LogP) is 1.75. The molecule has 0 radical (unpaired) electrons. The van der Waals surface area contributed by atoms with E-state index in [0.29, 0.717) is 36.7 Å². The second kappa shape index (κ2) is 6.67. The summed E-state index contributed by atoms with van der Waals surface area (Å²) < 4.78 is 0. The second-order valence-corrected chi connectivity index (χ2v) is 4.96. The van der Waals surface area contributed by atoms with Gasteiger partial charge in [-0.25, -0.2) is 0 Å². The highest BCUT2D eigenvalue weighted by Gasteiger charge is 2.26. The fourth-order valence-corrected chi connectivity index (χ4v) is 2.38. The van der Waals surface area contributed by atoms with Crippen LogP contribution in [0.3, 0.4) is 0 Å². The van der Waals surface area contributed by atoms with Crippen LogP contribution in [0.5, 0.6) is 0 Å². The van der Waals surface area contributed by atoms with Crippen molar-refractivity contribution in [2.45, 2.75) is 13.3 Å². The Kier molecular flexibility index (Phi) is 5.47. The van der Waals surface area contributed by atoms with E-state index in [-0.39, 0.29) is 24.0 Å². The molecule has 2 rings (SSSR count). The maximum atomic E-state index is 12.3. The average Bonchev–Trinajstić information content (AvgIpc) is 2.85. The summed E-state index contributed by atoms with van der Waals surface area (Å²) in [4.78, 5) is 24.4. The van der Waals surface area contributed by atoms with E-state index in [9.17, 15) is 14.9 Å².